The topological polar surface area (TPSA) is 37.4 Å². The third kappa shape index (κ3) is 1.91. The van der Waals surface area contributed by atoms with Gasteiger partial charge < -0.3 is 4.90 Å². The molecule has 1 saturated carbocycles. The number of alkyl halides is 1. The zero-order valence-electron chi connectivity index (χ0n) is 10.6. The molecule has 6 heteroatoms. The standard InChI is InChI=1S/C14H12BrClFNO2/c15-6-14(4-1-5-14)7-18-11-9(17)3-2-8(16)10(11)12(19)13(18)20/h2-3H,1,4-7H2. The van der Waals surface area contributed by atoms with Crippen LogP contribution < -0.4 is 4.90 Å². The summed E-state index contributed by atoms with van der Waals surface area (Å²) in [5.41, 5.74) is -0.0211. The van der Waals surface area contributed by atoms with Crippen LogP contribution in [0.25, 0.3) is 0 Å². The normalized spacial score (nSPS) is 20.1. The van der Waals surface area contributed by atoms with Crippen LogP contribution in [0, 0.1) is 11.2 Å². The second kappa shape index (κ2) is 4.81. The van der Waals surface area contributed by atoms with Crippen LogP contribution in [0.5, 0.6) is 0 Å². The summed E-state index contributed by atoms with van der Waals surface area (Å²) in [7, 11) is 0. The zero-order chi connectivity index (χ0) is 14.5. The van der Waals surface area contributed by atoms with Crippen molar-refractivity contribution >= 4 is 44.9 Å². The van der Waals surface area contributed by atoms with Crippen molar-refractivity contribution in [2.24, 2.45) is 5.41 Å². The third-order valence-electron chi connectivity index (χ3n) is 4.21. The smallest absolute Gasteiger partial charge is 0.299 e. The summed E-state index contributed by atoms with van der Waals surface area (Å²) in [6, 6.07) is 2.51. The number of anilines is 1. The van der Waals surface area contributed by atoms with E-state index in [9.17, 15) is 14.0 Å². The molecule has 1 aliphatic carbocycles. The summed E-state index contributed by atoms with van der Waals surface area (Å²) in [4.78, 5) is 25.4. The molecular weight excluding hydrogens is 349 g/mol. The van der Waals surface area contributed by atoms with Crippen molar-refractivity contribution in [1.82, 2.24) is 0 Å². The van der Waals surface area contributed by atoms with Gasteiger partial charge in [0, 0.05) is 11.9 Å². The van der Waals surface area contributed by atoms with E-state index in [1.165, 1.54) is 17.0 Å². The largest absolute Gasteiger partial charge is 0.301 e. The lowest BCUT2D eigenvalue weighted by atomic mass is 9.70. The Bertz CT molecular complexity index is 610. The first kappa shape index (κ1) is 14.0. The predicted molar refractivity (Wildman–Crippen MR) is 78.2 cm³/mol. The van der Waals surface area contributed by atoms with Gasteiger partial charge in [0.2, 0.25) is 0 Å². The molecule has 1 heterocycles. The van der Waals surface area contributed by atoms with Gasteiger partial charge >= 0.3 is 0 Å². The quantitative estimate of drug-likeness (QED) is 0.610. The summed E-state index contributed by atoms with van der Waals surface area (Å²) >= 11 is 9.40. The van der Waals surface area contributed by atoms with E-state index < -0.39 is 17.5 Å². The molecule has 1 amide bonds. The van der Waals surface area contributed by atoms with E-state index in [-0.39, 0.29) is 21.7 Å². The number of halogens is 3. The van der Waals surface area contributed by atoms with Crippen LogP contribution in [0.15, 0.2) is 12.1 Å². The van der Waals surface area contributed by atoms with Crippen molar-refractivity contribution in [3.63, 3.8) is 0 Å². The van der Waals surface area contributed by atoms with Gasteiger partial charge in [-0.3, -0.25) is 9.59 Å². The van der Waals surface area contributed by atoms with Gasteiger partial charge in [-0.1, -0.05) is 34.0 Å². The summed E-state index contributed by atoms with van der Waals surface area (Å²) in [6.07, 6.45) is 3.02. The number of rotatable bonds is 3. The van der Waals surface area contributed by atoms with Crippen molar-refractivity contribution in [2.75, 3.05) is 16.8 Å². The molecule has 3 rings (SSSR count). The molecule has 0 N–H and O–H groups in total. The highest BCUT2D eigenvalue weighted by Gasteiger charge is 2.45. The second-order valence-electron chi connectivity index (χ2n) is 5.46. The molecule has 0 unspecified atom stereocenters. The number of carbonyl (C=O) groups is 2. The average molecular weight is 361 g/mol. The number of amides is 1. The molecule has 2 aliphatic rings. The van der Waals surface area contributed by atoms with Gasteiger partial charge in [0.1, 0.15) is 5.82 Å². The minimum atomic E-state index is -0.714. The highest BCUT2D eigenvalue weighted by atomic mass is 79.9. The second-order valence-corrected chi connectivity index (χ2v) is 6.43. The minimum absolute atomic E-state index is 0.000660. The summed E-state index contributed by atoms with van der Waals surface area (Å²) in [5, 5.41) is 0.860. The molecule has 0 aromatic heterocycles. The molecule has 3 nitrogen and oxygen atoms in total. The number of carbonyl (C=O) groups excluding carboxylic acids is 2. The first-order valence-corrected chi connectivity index (χ1v) is 7.89. The number of hydrogen-bond donors (Lipinski definition) is 0. The Hall–Kier alpha value is -0.940. The Balaban J connectivity index is 2.04. The van der Waals surface area contributed by atoms with Crippen molar-refractivity contribution in [1.29, 1.82) is 0 Å². The van der Waals surface area contributed by atoms with Gasteiger partial charge in [-0.25, -0.2) is 4.39 Å². The zero-order valence-corrected chi connectivity index (χ0v) is 12.9. The Kier molecular flexibility index (Phi) is 3.37. The SMILES string of the molecule is O=C1C(=O)N(CC2(CBr)CCC2)c2c(F)ccc(Cl)c21. The summed E-state index contributed by atoms with van der Waals surface area (Å²) in [6.45, 7) is 0.354. The van der Waals surface area contributed by atoms with Crippen LogP contribution in [0.3, 0.4) is 0 Å². The first-order valence-electron chi connectivity index (χ1n) is 6.39. The van der Waals surface area contributed by atoms with Crippen molar-refractivity contribution in [2.45, 2.75) is 19.3 Å². The predicted octanol–water partition coefficient (Wildman–Crippen LogP) is 3.57. The fourth-order valence-corrected chi connectivity index (χ4v) is 3.83. The molecule has 0 atom stereocenters. The maximum atomic E-state index is 14.1. The van der Waals surface area contributed by atoms with E-state index >= 15 is 0 Å². The van der Waals surface area contributed by atoms with Gasteiger partial charge in [-0.2, -0.15) is 0 Å². The van der Waals surface area contributed by atoms with Crippen LogP contribution in [0.4, 0.5) is 10.1 Å². The van der Waals surface area contributed by atoms with E-state index in [1.807, 2.05) is 0 Å². The Labute approximate surface area is 129 Å². The molecule has 1 aliphatic heterocycles. The van der Waals surface area contributed by atoms with Crippen LogP contribution in [-0.4, -0.2) is 23.6 Å². The highest BCUT2D eigenvalue weighted by Crippen LogP contribution is 2.46. The number of fused-ring (bicyclic) bond motifs is 1. The van der Waals surface area contributed by atoms with Crippen molar-refractivity contribution in [3.8, 4) is 0 Å². The van der Waals surface area contributed by atoms with E-state index in [2.05, 4.69) is 15.9 Å². The number of ketones is 1. The minimum Gasteiger partial charge on any atom is -0.301 e. The van der Waals surface area contributed by atoms with E-state index in [4.69, 9.17) is 11.6 Å². The number of nitrogens with zero attached hydrogens (tertiary/aromatic N) is 1. The Morgan fingerprint density at radius 3 is 2.60 bits per heavy atom. The number of benzene rings is 1. The average Bonchev–Trinajstić information content (AvgIpc) is 2.64. The van der Waals surface area contributed by atoms with E-state index in [0.29, 0.717) is 6.54 Å². The maximum Gasteiger partial charge on any atom is 0.299 e. The van der Waals surface area contributed by atoms with Crippen molar-refractivity contribution < 1.29 is 14.0 Å². The number of Topliss-reactive ketones (excluding diaryl/α,β-unsaturated/α-hetero) is 1. The first-order chi connectivity index (χ1) is 9.49. The van der Waals surface area contributed by atoms with Crippen molar-refractivity contribution in [3.05, 3.63) is 28.5 Å². The van der Waals surface area contributed by atoms with Gasteiger partial charge in [0.25, 0.3) is 11.7 Å². The fourth-order valence-electron chi connectivity index (χ4n) is 2.85. The van der Waals surface area contributed by atoms with Crippen LogP contribution in [0.2, 0.25) is 5.02 Å². The Morgan fingerprint density at radius 2 is 2.05 bits per heavy atom. The lowest BCUT2D eigenvalue weighted by Gasteiger charge is -2.43. The van der Waals surface area contributed by atoms with E-state index in [1.54, 1.807) is 0 Å². The molecule has 1 aromatic rings. The Morgan fingerprint density at radius 1 is 1.35 bits per heavy atom. The van der Waals surface area contributed by atoms with Crippen LogP contribution in [0.1, 0.15) is 29.6 Å². The monoisotopic (exact) mass is 359 g/mol. The molecule has 0 spiro atoms. The van der Waals surface area contributed by atoms with Crippen LogP contribution >= 0.6 is 27.5 Å². The molecule has 1 fully saturated rings. The molecule has 1 aromatic carbocycles. The third-order valence-corrected chi connectivity index (χ3v) is 5.71. The van der Waals surface area contributed by atoms with E-state index in [0.717, 1.165) is 24.6 Å². The molecular formula is C14H12BrClFNO2. The maximum absolute atomic E-state index is 14.1. The van der Waals surface area contributed by atoms with Crippen LogP contribution in [-0.2, 0) is 4.79 Å². The molecule has 0 bridgehead atoms. The fraction of sp³-hybridized carbons (Fsp3) is 0.429. The number of hydrogen-bond acceptors (Lipinski definition) is 2. The summed E-state index contributed by atoms with van der Waals surface area (Å²) in [5.74, 6) is -1.97. The van der Waals surface area contributed by atoms with Gasteiger partial charge in [0.15, 0.2) is 0 Å². The summed E-state index contributed by atoms with van der Waals surface area (Å²) < 4.78 is 14.1. The molecule has 20 heavy (non-hydrogen) atoms. The lowest BCUT2D eigenvalue weighted by molar-refractivity contribution is -0.114. The molecule has 0 saturated heterocycles. The molecule has 106 valence electrons. The van der Waals surface area contributed by atoms with Gasteiger partial charge in [-0.05, 0) is 30.4 Å². The highest BCUT2D eigenvalue weighted by molar-refractivity contribution is 9.09. The van der Waals surface area contributed by atoms with Gasteiger partial charge in [0.05, 0.1) is 16.3 Å². The lowest BCUT2D eigenvalue weighted by Crippen LogP contribution is -2.45. The molecule has 0 radical (unpaired) electrons. The van der Waals surface area contributed by atoms with Gasteiger partial charge in [-0.15, -0.1) is 0 Å².